The quantitative estimate of drug-likeness (QED) is 0.265. The molecule has 23 heavy (non-hydrogen) atoms. The second-order valence-corrected chi connectivity index (χ2v) is 13.6. The summed E-state index contributed by atoms with van der Waals surface area (Å²) in [5.74, 6) is -2.31. The molecule has 7 nitrogen and oxygen atoms in total. The van der Waals surface area contributed by atoms with Crippen molar-refractivity contribution in [3.63, 3.8) is 0 Å². The minimum absolute atomic E-state index is 0.0751. The van der Waals surface area contributed by atoms with E-state index in [0.717, 1.165) is 0 Å². The highest BCUT2D eigenvalue weighted by Gasteiger charge is 2.48. The fraction of sp³-hybridized carbons (Fsp3) is 0.857. The second kappa shape index (κ2) is 8.49. The topological polar surface area (TPSA) is 102 Å². The zero-order valence-corrected chi connectivity index (χ0v) is 18.0. The van der Waals surface area contributed by atoms with Crippen LogP contribution in [0.4, 0.5) is 0 Å². The van der Waals surface area contributed by atoms with Gasteiger partial charge in [-0.15, -0.1) is 0 Å². The van der Waals surface area contributed by atoms with Crippen LogP contribution in [0.2, 0.25) is 10.1 Å². The normalized spacial score (nSPS) is 17.6. The molecule has 0 aliphatic rings. The largest absolute Gasteiger partial charge is 0.419 e. The van der Waals surface area contributed by atoms with Gasteiger partial charge >= 0.3 is 5.97 Å². The summed E-state index contributed by atoms with van der Waals surface area (Å²) in [4.78, 5) is 28.7. The van der Waals surface area contributed by atoms with Gasteiger partial charge in [0.1, 0.15) is 6.10 Å². The van der Waals surface area contributed by atoms with Crippen LogP contribution in [0.15, 0.2) is 0 Å². The van der Waals surface area contributed by atoms with Crippen LogP contribution >= 0.6 is 0 Å². The Morgan fingerprint density at radius 1 is 1.04 bits per heavy atom. The summed E-state index contributed by atoms with van der Waals surface area (Å²) in [6.07, 6.45) is -1.52. The van der Waals surface area contributed by atoms with Gasteiger partial charge < -0.3 is 19.5 Å². The maximum Gasteiger partial charge on any atom is 0.382 e. The van der Waals surface area contributed by atoms with Crippen molar-refractivity contribution in [2.45, 2.75) is 70.2 Å². The maximum absolute atomic E-state index is 12.1. The third-order valence-electron chi connectivity index (χ3n) is 2.60. The number of carbonyl (C=O) groups excluding carboxylic acids is 2. The van der Waals surface area contributed by atoms with Crippen LogP contribution in [-0.4, -0.2) is 59.8 Å². The fourth-order valence-electron chi connectivity index (χ4n) is 1.41. The Kier molecular flexibility index (Phi) is 8.28. The van der Waals surface area contributed by atoms with E-state index in [1.165, 1.54) is 6.92 Å². The number of ketones is 1. The van der Waals surface area contributed by atoms with Gasteiger partial charge in [0.25, 0.3) is 0 Å². The van der Waals surface area contributed by atoms with Gasteiger partial charge in [-0.2, -0.15) is 0 Å². The van der Waals surface area contributed by atoms with Crippen molar-refractivity contribution in [3.05, 3.63) is 0 Å². The molecular formula is C14H30O7Si2. The maximum atomic E-state index is 12.1. The first-order chi connectivity index (χ1) is 10.2. The zero-order chi connectivity index (χ0) is 18.5. The average molecular weight is 367 g/mol. The third-order valence-corrected chi connectivity index (χ3v) is 4.97. The minimum atomic E-state index is -2.56. The highest BCUT2D eigenvalue weighted by Crippen LogP contribution is 2.23. The lowest BCUT2D eigenvalue weighted by Gasteiger charge is -2.27. The number of hydrogen-bond acceptors (Lipinski definition) is 7. The molecule has 0 saturated heterocycles. The van der Waals surface area contributed by atoms with E-state index >= 15 is 0 Å². The summed E-state index contributed by atoms with van der Waals surface area (Å²) in [5.41, 5.74) is -2.56. The fourth-order valence-corrected chi connectivity index (χ4v) is 2.94. The lowest BCUT2D eigenvalue weighted by molar-refractivity contribution is -0.236. The molecule has 9 heteroatoms. The Bertz CT molecular complexity index is 412. The lowest BCUT2D eigenvalue weighted by Crippen LogP contribution is -2.55. The molecule has 0 spiro atoms. The summed E-state index contributed by atoms with van der Waals surface area (Å²) in [6.45, 7) is 12.3. The smallest absolute Gasteiger partial charge is 0.382 e. The van der Waals surface area contributed by atoms with Crippen LogP contribution in [0, 0.1) is 0 Å². The van der Waals surface area contributed by atoms with Gasteiger partial charge in [0.15, 0.2) is 9.76 Å². The number of hydrogen-bond donors (Lipinski definition) is 2. The van der Waals surface area contributed by atoms with E-state index in [1.807, 2.05) is 41.5 Å². The number of rotatable bonds is 8. The molecule has 0 rings (SSSR count). The molecule has 0 fully saturated rings. The van der Waals surface area contributed by atoms with Crippen molar-refractivity contribution in [2.75, 3.05) is 6.61 Å². The van der Waals surface area contributed by atoms with Gasteiger partial charge in [0.05, 0.1) is 6.61 Å². The molecule has 2 atom stereocenters. The van der Waals surface area contributed by atoms with Crippen LogP contribution in [0.1, 0.15) is 48.5 Å². The van der Waals surface area contributed by atoms with Crippen molar-refractivity contribution in [1.82, 2.24) is 0 Å². The van der Waals surface area contributed by atoms with Crippen LogP contribution in [0.5, 0.6) is 0 Å². The number of Topliss-reactive ketones (excluding diaryl/α,β-unsaturated/α-hetero) is 1. The molecule has 0 aromatic rings. The van der Waals surface area contributed by atoms with Gasteiger partial charge in [-0.25, -0.2) is 9.37 Å². The summed E-state index contributed by atoms with van der Waals surface area (Å²) in [7, 11) is -2.29. The van der Waals surface area contributed by atoms with E-state index in [-0.39, 0.29) is 10.1 Å². The minimum Gasteiger partial charge on any atom is -0.419 e. The van der Waals surface area contributed by atoms with Gasteiger partial charge in [0, 0.05) is 0 Å². The molecule has 136 valence electrons. The molecule has 0 aromatic heterocycles. The van der Waals surface area contributed by atoms with E-state index in [4.69, 9.17) is 9.00 Å². The van der Waals surface area contributed by atoms with E-state index in [2.05, 4.69) is 4.89 Å². The van der Waals surface area contributed by atoms with E-state index in [0.29, 0.717) is 0 Å². The Hall–Kier alpha value is -0.586. The highest BCUT2D eigenvalue weighted by molar-refractivity contribution is 6.32. The van der Waals surface area contributed by atoms with E-state index in [1.54, 1.807) is 0 Å². The first-order valence-electron chi connectivity index (χ1n) is 7.55. The number of aliphatic hydroxyl groups excluding tert-OH is 1. The van der Waals surface area contributed by atoms with Crippen LogP contribution in [0.25, 0.3) is 0 Å². The Balaban J connectivity index is 4.91. The van der Waals surface area contributed by atoms with Crippen molar-refractivity contribution in [1.29, 1.82) is 0 Å². The van der Waals surface area contributed by atoms with Gasteiger partial charge in [-0.05, 0) is 17.0 Å². The Morgan fingerprint density at radius 3 is 1.91 bits per heavy atom. The van der Waals surface area contributed by atoms with Crippen LogP contribution in [0.3, 0.4) is 0 Å². The van der Waals surface area contributed by atoms with Gasteiger partial charge in [-0.3, -0.25) is 4.79 Å². The van der Waals surface area contributed by atoms with Crippen LogP contribution < -0.4 is 0 Å². The molecule has 2 unspecified atom stereocenters. The highest BCUT2D eigenvalue weighted by atomic mass is 28.2. The molecule has 0 bridgehead atoms. The predicted molar refractivity (Wildman–Crippen MR) is 91.3 cm³/mol. The summed E-state index contributed by atoms with van der Waals surface area (Å²) in [6, 6.07) is 0. The first-order valence-corrected chi connectivity index (χ1v) is 10.1. The Labute approximate surface area is 142 Å². The predicted octanol–water partition coefficient (Wildman–Crippen LogP) is -0.237. The first kappa shape index (κ1) is 22.4. The SMILES string of the molecule is CC(O)C(=O)C(O)(CO[SiH2]C(C)(C)C)C(=O)OO[SiH2]C(C)(C)C. The van der Waals surface area contributed by atoms with Gasteiger partial charge in [0.2, 0.25) is 21.1 Å². The summed E-state index contributed by atoms with van der Waals surface area (Å²) >= 11 is 0. The Morgan fingerprint density at radius 2 is 1.52 bits per heavy atom. The standard InChI is InChI=1S/C14H30O7Si2/c1-9(15)10(16)14(18,8-19-22-12(2,3)4)11(17)20-21-23-13(5,6)7/h9,15,18H,8,22-23H2,1-7H3. The molecule has 0 aliphatic carbocycles. The third kappa shape index (κ3) is 8.73. The van der Waals surface area contributed by atoms with Crippen molar-refractivity contribution in [2.24, 2.45) is 0 Å². The lowest BCUT2D eigenvalue weighted by atomic mass is 9.96. The average Bonchev–Trinajstić information content (AvgIpc) is 2.34. The molecule has 0 radical (unpaired) electrons. The van der Waals surface area contributed by atoms with Crippen molar-refractivity contribution < 1.29 is 33.7 Å². The van der Waals surface area contributed by atoms with Crippen molar-refractivity contribution >= 4 is 31.3 Å². The molecule has 2 N–H and O–H groups in total. The molecular weight excluding hydrogens is 336 g/mol. The molecule has 0 saturated carbocycles. The number of aliphatic hydroxyl groups is 2. The molecule has 0 heterocycles. The van der Waals surface area contributed by atoms with E-state index < -0.39 is 49.6 Å². The molecule has 0 amide bonds. The summed E-state index contributed by atoms with van der Waals surface area (Å²) < 4.78 is 10.3. The molecule has 0 aromatic carbocycles. The van der Waals surface area contributed by atoms with Crippen LogP contribution in [-0.2, 0) is 23.5 Å². The number of carbonyl (C=O) groups is 2. The zero-order valence-electron chi connectivity index (χ0n) is 15.1. The van der Waals surface area contributed by atoms with Gasteiger partial charge in [-0.1, -0.05) is 41.5 Å². The monoisotopic (exact) mass is 366 g/mol. The van der Waals surface area contributed by atoms with E-state index in [9.17, 15) is 19.8 Å². The molecule has 0 aliphatic heterocycles. The van der Waals surface area contributed by atoms with Crippen molar-refractivity contribution in [3.8, 4) is 0 Å². The summed E-state index contributed by atoms with van der Waals surface area (Å²) in [5, 5.41) is 19.6. The second-order valence-electron chi connectivity index (χ2n) is 8.15.